The predicted molar refractivity (Wildman–Crippen MR) is 103 cm³/mol. The summed E-state index contributed by atoms with van der Waals surface area (Å²) in [6.07, 6.45) is 18.0. The number of carbonyl (C=O) groups excluding carboxylic acids is 1. The molecular formula is C19H36N2OS. The second-order valence-corrected chi connectivity index (χ2v) is 6.50. The van der Waals surface area contributed by atoms with Gasteiger partial charge >= 0.3 is 0 Å². The summed E-state index contributed by atoms with van der Waals surface area (Å²) in [6.45, 7) is 3.37. The first-order valence-corrected chi connectivity index (χ1v) is 10.0. The molecule has 0 heterocycles. The van der Waals surface area contributed by atoms with Gasteiger partial charge in [-0.05, 0) is 18.6 Å². The fourth-order valence-corrected chi connectivity index (χ4v) is 2.78. The maximum atomic E-state index is 11.5. The average molecular weight is 341 g/mol. The van der Waals surface area contributed by atoms with Crippen LogP contribution in [0.4, 0.5) is 0 Å². The molecule has 0 bridgehead atoms. The highest BCUT2D eigenvalue weighted by molar-refractivity contribution is 7.78. The van der Waals surface area contributed by atoms with Crippen LogP contribution in [0.1, 0.15) is 96.8 Å². The number of nitrogens with one attached hydrogen (secondary N) is 1. The van der Waals surface area contributed by atoms with E-state index in [1.54, 1.807) is 0 Å². The topological polar surface area (TPSA) is 41.5 Å². The van der Waals surface area contributed by atoms with Gasteiger partial charge in [0.2, 0.25) is 5.91 Å². The Hall–Kier alpha value is -0.730. The van der Waals surface area contributed by atoms with E-state index in [0.717, 1.165) is 6.42 Å². The van der Waals surface area contributed by atoms with Crippen molar-refractivity contribution in [1.82, 2.24) is 5.32 Å². The number of nitrogens with zero attached hydrogens (tertiary/aromatic N) is 1. The molecule has 0 unspecified atom stereocenters. The van der Waals surface area contributed by atoms with E-state index >= 15 is 0 Å². The second-order valence-electron chi connectivity index (χ2n) is 6.32. The molecule has 0 aliphatic rings. The minimum atomic E-state index is 0.132. The van der Waals surface area contributed by atoms with Crippen LogP contribution in [0.25, 0.3) is 0 Å². The van der Waals surface area contributed by atoms with Crippen molar-refractivity contribution in [2.45, 2.75) is 96.8 Å². The Balaban J connectivity index is 3.12. The number of carbonyl (C=O) groups is 1. The zero-order valence-corrected chi connectivity index (χ0v) is 15.9. The van der Waals surface area contributed by atoms with Crippen LogP contribution in [0, 0.1) is 0 Å². The standard InChI is InChI=1S/C19H36N2OS/c1-2-3-4-5-6-7-8-9-10-11-12-13-14-15-19(22)21-17-16-20-18-23/h2-17H2,1H3,(H,21,22). The highest BCUT2D eigenvalue weighted by atomic mass is 32.1. The van der Waals surface area contributed by atoms with Crippen molar-refractivity contribution < 1.29 is 4.79 Å². The van der Waals surface area contributed by atoms with E-state index in [1.807, 2.05) is 0 Å². The summed E-state index contributed by atoms with van der Waals surface area (Å²) in [4.78, 5) is 15.3. The Morgan fingerprint density at radius 3 is 1.83 bits per heavy atom. The van der Waals surface area contributed by atoms with Gasteiger partial charge in [-0.25, -0.2) is 4.99 Å². The Morgan fingerprint density at radius 2 is 1.35 bits per heavy atom. The summed E-state index contributed by atoms with van der Waals surface area (Å²) in [6, 6.07) is 0. The molecule has 0 aromatic carbocycles. The average Bonchev–Trinajstić information content (AvgIpc) is 2.56. The van der Waals surface area contributed by atoms with Gasteiger partial charge in [0.1, 0.15) is 0 Å². The van der Waals surface area contributed by atoms with Crippen LogP contribution in [0.3, 0.4) is 0 Å². The van der Waals surface area contributed by atoms with Crippen LogP contribution in [-0.2, 0) is 4.79 Å². The van der Waals surface area contributed by atoms with Crippen LogP contribution >= 0.6 is 12.2 Å². The zero-order chi connectivity index (χ0) is 17.0. The van der Waals surface area contributed by atoms with E-state index < -0.39 is 0 Å². The van der Waals surface area contributed by atoms with E-state index in [0.29, 0.717) is 19.5 Å². The largest absolute Gasteiger partial charge is 0.354 e. The van der Waals surface area contributed by atoms with Crippen LogP contribution < -0.4 is 5.32 Å². The Bertz CT molecular complexity index is 314. The third-order valence-corrected chi connectivity index (χ3v) is 4.25. The van der Waals surface area contributed by atoms with Gasteiger partial charge in [-0.1, -0.05) is 84.0 Å². The van der Waals surface area contributed by atoms with Gasteiger partial charge in [0, 0.05) is 13.0 Å². The lowest BCUT2D eigenvalue weighted by atomic mass is 10.0. The summed E-state index contributed by atoms with van der Waals surface area (Å²) in [5.41, 5.74) is 0. The molecule has 1 amide bonds. The first kappa shape index (κ1) is 22.3. The van der Waals surface area contributed by atoms with Gasteiger partial charge in [-0.3, -0.25) is 4.79 Å². The molecule has 0 aromatic rings. The van der Waals surface area contributed by atoms with Gasteiger partial charge in [0.15, 0.2) is 0 Å². The maximum Gasteiger partial charge on any atom is 0.220 e. The minimum absolute atomic E-state index is 0.132. The van der Waals surface area contributed by atoms with Crippen molar-refractivity contribution in [2.24, 2.45) is 4.99 Å². The highest BCUT2D eigenvalue weighted by Gasteiger charge is 2.00. The normalized spacial score (nSPS) is 10.3. The van der Waals surface area contributed by atoms with E-state index in [9.17, 15) is 4.79 Å². The van der Waals surface area contributed by atoms with Crippen LogP contribution in [0.5, 0.6) is 0 Å². The quantitative estimate of drug-likeness (QED) is 0.210. The molecule has 0 radical (unpaired) electrons. The molecule has 3 nitrogen and oxygen atoms in total. The van der Waals surface area contributed by atoms with Crippen molar-refractivity contribution in [3.8, 4) is 0 Å². The molecule has 4 heteroatoms. The molecule has 0 aliphatic heterocycles. The SMILES string of the molecule is CCCCCCCCCCCCCCCC(=O)NCCN=C=S. The summed E-state index contributed by atoms with van der Waals surface area (Å²) in [5, 5.41) is 5.14. The smallest absolute Gasteiger partial charge is 0.220 e. The van der Waals surface area contributed by atoms with Gasteiger partial charge in [0.25, 0.3) is 0 Å². The number of isothiocyanates is 1. The first-order valence-electron chi connectivity index (χ1n) is 9.61. The van der Waals surface area contributed by atoms with Crippen LogP contribution in [-0.4, -0.2) is 24.2 Å². The van der Waals surface area contributed by atoms with Gasteiger partial charge in [0.05, 0.1) is 11.7 Å². The predicted octanol–water partition coefficient (Wildman–Crippen LogP) is 5.69. The Kier molecular flexibility index (Phi) is 18.7. The zero-order valence-electron chi connectivity index (χ0n) is 15.1. The third-order valence-electron chi connectivity index (χ3n) is 4.12. The lowest BCUT2D eigenvalue weighted by molar-refractivity contribution is -0.121. The number of amides is 1. The first-order chi connectivity index (χ1) is 11.3. The Morgan fingerprint density at radius 1 is 0.870 bits per heavy atom. The van der Waals surface area contributed by atoms with Crippen LogP contribution in [0.15, 0.2) is 4.99 Å². The number of unbranched alkanes of at least 4 members (excludes halogenated alkanes) is 12. The number of hydrogen-bond acceptors (Lipinski definition) is 3. The monoisotopic (exact) mass is 340 g/mol. The molecule has 0 saturated heterocycles. The third kappa shape index (κ3) is 19.2. The molecule has 0 fully saturated rings. The number of hydrogen-bond donors (Lipinski definition) is 1. The fraction of sp³-hybridized carbons (Fsp3) is 0.895. The van der Waals surface area contributed by atoms with Crippen molar-refractivity contribution in [1.29, 1.82) is 0 Å². The molecule has 1 N–H and O–H groups in total. The summed E-state index contributed by atoms with van der Waals surface area (Å²) in [5.74, 6) is 0.132. The molecule has 0 aromatic heterocycles. The number of thiocarbonyl (C=S) groups is 1. The van der Waals surface area contributed by atoms with Gasteiger partial charge in [-0.15, -0.1) is 0 Å². The lowest BCUT2D eigenvalue weighted by Crippen LogP contribution is -2.25. The molecule has 0 spiro atoms. The molecule has 0 aliphatic carbocycles. The van der Waals surface area contributed by atoms with Gasteiger partial charge < -0.3 is 5.32 Å². The van der Waals surface area contributed by atoms with E-state index in [4.69, 9.17) is 0 Å². The Labute approximate surface area is 148 Å². The van der Waals surface area contributed by atoms with Crippen molar-refractivity contribution in [3.05, 3.63) is 0 Å². The molecule has 23 heavy (non-hydrogen) atoms. The number of aliphatic imine (C=N–C) groups is 1. The fourth-order valence-electron chi connectivity index (χ4n) is 2.69. The van der Waals surface area contributed by atoms with E-state index in [-0.39, 0.29) is 5.91 Å². The maximum absolute atomic E-state index is 11.5. The van der Waals surface area contributed by atoms with Crippen molar-refractivity contribution in [2.75, 3.05) is 13.1 Å². The van der Waals surface area contributed by atoms with Crippen molar-refractivity contribution >= 4 is 23.3 Å². The molecule has 0 rings (SSSR count). The van der Waals surface area contributed by atoms with E-state index in [1.165, 1.54) is 77.0 Å². The second kappa shape index (κ2) is 19.3. The highest BCUT2D eigenvalue weighted by Crippen LogP contribution is 2.12. The number of rotatable bonds is 17. The lowest BCUT2D eigenvalue weighted by Gasteiger charge is -2.04. The van der Waals surface area contributed by atoms with Crippen molar-refractivity contribution in [3.63, 3.8) is 0 Å². The minimum Gasteiger partial charge on any atom is -0.354 e. The molecular weight excluding hydrogens is 304 g/mol. The van der Waals surface area contributed by atoms with E-state index in [2.05, 4.69) is 34.6 Å². The summed E-state index contributed by atoms with van der Waals surface area (Å²) in [7, 11) is 0. The van der Waals surface area contributed by atoms with Crippen LogP contribution in [0.2, 0.25) is 0 Å². The molecule has 134 valence electrons. The van der Waals surface area contributed by atoms with Gasteiger partial charge in [-0.2, -0.15) is 0 Å². The summed E-state index contributed by atoms with van der Waals surface area (Å²) >= 11 is 4.47. The molecule has 0 atom stereocenters. The summed E-state index contributed by atoms with van der Waals surface area (Å²) < 4.78 is 0. The molecule has 0 saturated carbocycles.